The summed E-state index contributed by atoms with van der Waals surface area (Å²) in [4.78, 5) is 11.9. The van der Waals surface area contributed by atoms with Crippen molar-refractivity contribution in [1.82, 2.24) is 0 Å². The number of carbonyl (C=O) groups is 1. The van der Waals surface area contributed by atoms with E-state index < -0.39 is 11.4 Å². The van der Waals surface area contributed by atoms with Crippen LogP contribution in [0.15, 0.2) is 23.3 Å². The molecule has 0 aromatic heterocycles. The predicted octanol–water partition coefficient (Wildman–Crippen LogP) is 5.21. The summed E-state index contributed by atoms with van der Waals surface area (Å²) < 4.78 is 0. The Morgan fingerprint density at radius 3 is 2.59 bits per heavy atom. The molecule has 4 atom stereocenters. The Kier molecular flexibility index (Phi) is 3.78. The van der Waals surface area contributed by atoms with Gasteiger partial charge < -0.3 is 5.11 Å². The largest absolute Gasteiger partial charge is 0.481 e. The van der Waals surface area contributed by atoms with Crippen molar-refractivity contribution < 1.29 is 9.90 Å². The molecule has 0 aliphatic heterocycles. The highest BCUT2D eigenvalue weighted by Crippen LogP contribution is 2.62. The first-order chi connectivity index (χ1) is 10.3. The van der Waals surface area contributed by atoms with Gasteiger partial charge in [-0.3, -0.25) is 4.79 Å². The minimum absolute atomic E-state index is 0.161. The van der Waals surface area contributed by atoms with Crippen LogP contribution in [0.3, 0.4) is 0 Å². The number of aliphatic carboxylic acids is 1. The first-order valence-electron chi connectivity index (χ1n) is 8.90. The number of rotatable bonds is 2. The van der Waals surface area contributed by atoms with Crippen LogP contribution in [0.4, 0.5) is 0 Å². The predicted molar refractivity (Wildman–Crippen MR) is 89.5 cm³/mol. The van der Waals surface area contributed by atoms with E-state index in [-0.39, 0.29) is 11.3 Å². The number of hydrogen-bond donors (Lipinski definition) is 1. The van der Waals surface area contributed by atoms with Gasteiger partial charge in [0.1, 0.15) is 0 Å². The smallest absolute Gasteiger partial charge is 0.309 e. The average Bonchev–Trinajstić information content (AvgIpc) is 2.46. The van der Waals surface area contributed by atoms with Crippen molar-refractivity contribution in [2.24, 2.45) is 28.6 Å². The lowest BCUT2D eigenvalue weighted by Gasteiger charge is -2.57. The molecule has 22 heavy (non-hydrogen) atoms. The van der Waals surface area contributed by atoms with Crippen molar-refractivity contribution >= 4 is 5.97 Å². The van der Waals surface area contributed by atoms with E-state index in [0.717, 1.165) is 32.1 Å². The lowest BCUT2D eigenvalue weighted by atomic mass is 9.47. The minimum atomic E-state index is -0.588. The van der Waals surface area contributed by atoms with Crippen molar-refractivity contribution in [1.29, 1.82) is 0 Å². The molecule has 0 saturated heterocycles. The molecular weight excluding hydrogens is 272 g/mol. The fourth-order valence-electron chi connectivity index (χ4n) is 5.58. The topological polar surface area (TPSA) is 37.3 Å². The van der Waals surface area contributed by atoms with E-state index in [1.165, 1.54) is 6.42 Å². The van der Waals surface area contributed by atoms with Crippen molar-refractivity contribution in [2.75, 3.05) is 0 Å². The third kappa shape index (κ3) is 2.18. The van der Waals surface area contributed by atoms with Crippen LogP contribution in [0.5, 0.6) is 0 Å². The fourth-order valence-corrected chi connectivity index (χ4v) is 5.58. The first kappa shape index (κ1) is 15.8. The van der Waals surface area contributed by atoms with Crippen molar-refractivity contribution in [3.05, 3.63) is 23.3 Å². The summed E-state index contributed by atoms with van der Waals surface area (Å²) in [5.41, 5.74) is 2.78. The van der Waals surface area contributed by atoms with Gasteiger partial charge in [-0.05, 0) is 62.2 Å². The van der Waals surface area contributed by atoms with Crippen LogP contribution in [0, 0.1) is 28.6 Å². The van der Waals surface area contributed by atoms with Crippen molar-refractivity contribution in [2.45, 2.75) is 66.2 Å². The molecule has 1 saturated carbocycles. The number of carboxylic acids is 1. The van der Waals surface area contributed by atoms with E-state index in [4.69, 9.17) is 0 Å². The molecule has 122 valence electrons. The molecule has 1 N–H and O–H groups in total. The molecule has 0 bridgehead atoms. The lowest BCUT2D eigenvalue weighted by molar-refractivity contribution is -0.162. The highest BCUT2D eigenvalue weighted by atomic mass is 16.4. The van der Waals surface area contributed by atoms with Gasteiger partial charge >= 0.3 is 5.97 Å². The first-order valence-corrected chi connectivity index (χ1v) is 8.90. The van der Waals surface area contributed by atoms with Crippen LogP contribution >= 0.6 is 0 Å². The molecule has 3 rings (SSSR count). The molecule has 0 amide bonds. The van der Waals surface area contributed by atoms with Gasteiger partial charge in [0, 0.05) is 0 Å². The van der Waals surface area contributed by atoms with Gasteiger partial charge in [-0.15, -0.1) is 0 Å². The SMILES string of the molecule is CC(C)C1=CC[C@@H]2C(=CC[C@H]3[C@]2(C)CCC[C@]3(C)C(=O)O)C1. The van der Waals surface area contributed by atoms with Gasteiger partial charge in [-0.2, -0.15) is 0 Å². The number of fused-ring (bicyclic) bond motifs is 3. The van der Waals surface area contributed by atoms with E-state index in [0.29, 0.717) is 11.8 Å². The Hall–Kier alpha value is -1.05. The van der Waals surface area contributed by atoms with Gasteiger partial charge in [-0.25, -0.2) is 0 Å². The Labute approximate surface area is 134 Å². The maximum atomic E-state index is 11.9. The monoisotopic (exact) mass is 302 g/mol. The Balaban J connectivity index is 1.96. The molecule has 1 fully saturated rings. The van der Waals surface area contributed by atoms with Crippen LogP contribution in [-0.4, -0.2) is 11.1 Å². The van der Waals surface area contributed by atoms with E-state index in [1.807, 2.05) is 6.92 Å². The average molecular weight is 302 g/mol. The second-order valence-corrected chi connectivity index (χ2v) is 8.55. The third-order valence-electron chi connectivity index (χ3n) is 7.09. The zero-order valence-electron chi connectivity index (χ0n) is 14.5. The summed E-state index contributed by atoms with van der Waals surface area (Å²) in [6.07, 6.45) is 11.1. The van der Waals surface area contributed by atoms with Crippen LogP contribution in [0.2, 0.25) is 0 Å². The van der Waals surface area contributed by atoms with Crippen molar-refractivity contribution in [3.63, 3.8) is 0 Å². The molecule has 3 aliphatic carbocycles. The third-order valence-corrected chi connectivity index (χ3v) is 7.09. The van der Waals surface area contributed by atoms with E-state index >= 15 is 0 Å². The summed E-state index contributed by atoms with van der Waals surface area (Å²) in [5, 5.41) is 9.83. The molecule has 0 aromatic rings. The van der Waals surface area contributed by atoms with Gasteiger partial charge in [-0.1, -0.05) is 50.5 Å². The summed E-state index contributed by atoms with van der Waals surface area (Å²) >= 11 is 0. The molecule has 0 heterocycles. The second-order valence-electron chi connectivity index (χ2n) is 8.55. The van der Waals surface area contributed by atoms with E-state index in [2.05, 4.69) is 32.9 Å². The minimum Gasteiger partial charge on any atom is -0.481 e. The Morgan fingerprint density at radius 2 is 1.95 bits per heavy atom. The molecule has 0 spiro atoms. The van der Waals surface area contributed by atoms with Gasteiger partial charge in [0.2, 0.25) is 0 Å². The van der Waals surface area contributed by atoms with Gasteiger partial charge in [0.25, 0.3) is 0 Å². The maximum absolute atomic E-state index is 11.9. The van der Waals surface area contributed by atoms with Crippen LogP contribution in [0.1, 0.15) is 66.2 Å². The van der Waals surface area contributed by atoms with E-state index in [9.17, 15) is 9.90 Å². The van der Waals surface area contributed by atoms with Crippen LogP contribution in [0.25, 0.3) is 0 Å². The summed E-state index contributed by atoms with van der Waals surface area (Å²) in [5.74, 6) is 0.888. The van der Waals surface area contributed by atoms with Crippen LogP contribution in [-0.2, 0) is 4.79 Å². The van der Waals surface area contributed by atoms with Gasteiger partial charge in [0.15, 0.2) is 0 Å². The standard InChI is InChI=1S/C20H30O2/c1-13(2)14-6-8-16-15(12-14)7-9-17-19(16,3)10-5-11-20(17,4)18(21)22/h6-7,13,16-17H,5,8-12H2,1-4H3,(H,21,22)/t16-,17+,19-,20+/m1/s1. The zero-order valence-corrected chi connectivity index (χ0v) is 14.5. The highest BCUT2D eigenvalue weighted by molar-refractivity contribution is 5.75. The second kappa shape index (κ2) is 5.25. The highest BCUT2D eigenvalue weighted by Gasteiger charge is 2.57. The van der Waals surface area contributed by atoms with Crippen LogP contribution < -0.4 is 0 Å². The Bertz CT molecular complexity index is 542. The molecule has 0 radical (unpaired) electrons. The van der Waals surface area contributed by atoms with Crippen molar-refractivity contribution in [3.8, 4) is 0 Å². The quantitative estimate of drug-likeness (QED) is 0.711. The summed E-state index contributed by atoms with van der Waals surface area (Å²) in [6, 6.07) is 0. The lowest BCUT2D eigenvalue weighted by Crippen LogP contribution is -2.53. The normalized spacial score (nSPS) is 41.3. The number of carboxylic acid groups (broad SMARTS) is 1. The van der Waals surface area contributed by atoms with Gasteiger partial charge in [0.05, 0.1) is 5.41 Å². The van der Waals surface area contributed by atoms with E-state index in [1.54, 1.807) is 11.1 Å². The molecule has 3 aliphatic rings. The number of hydrogen-bond acceptors (Lipinski definition) is 1. The maximum Gasteiger partial charge on any atom is 0.309 e. The molecular formula is C20H30O2. The zero-order chi connectivity index (χ0) is 16.1. The molecule has 2 heteroatoms. The molecule has 0 unspecified atom stereocenters. The molecule has 0 aromatic carbocycles. The number of allylic oxidation sites excluding steroid dienone is 4. The fraction of sp³-hybridized carbons (Fsp3) is 0.750. The molecule has 2 nitrogen and oxygen atoms in total. The summed E-state index contributed by atoms with van der Waals surface area (Å²) in [7, 11) is 0. The Morgan fingerprint density at radius 1 is 1.23 bits per heavy atom. The summed E-state index contributed by atoms with van der Waals surface area (Å²) in [6.45, 7) is 8.93.